The van der Waals surface area contributed by atoms with Crippen LogP contribution in [0, 0.1) is 6.92 Å². The summed E-state index contributed by atoms with van der Waals surface area (Å²) >= 11 is 0. The van der Waals surface area contributed by atoms with Crippen LogP contribution in [0.25, 0.3) is 11.5 Å². The lowest BCUT2D eigenvalue weighted by Gasteiger charge is -2.20. The van der Waals surface area contributed by atoms with Crippen LogP contribution in [0.5, 0.6) is 0 Å². The number of anilines is 1. The monoisotopic (exact) mass is 293 g/mol. The van der Waals surface area contributed by atoms with Gasteiger partial charge < -0.3 is 9.32 Å². The second-order valence-corrected chi connectivity index (χ2v) is 5.22. The van der Waals surface area contributed by atoms with Crippen LogP contribution in [0.3, 0.4) is 0 Å². The Balaban J connectivity index is 1.79. The lowest BCUT2D eigenvalue weighted by molar-refractivity contribution is 0.499. The third-order valence-electron chi connectivity index (χ3n) is 3.56. The van der Waals surface area contributed by atoms with E-state index in [1.165, 1.54) is 5.56 Å². The maximum atomic E-state index is 5.81. The highest BCUT2D eigenvalue weighted by molar-refractivity contribution is 5.53. The fourth-order valence-corrected chi connectivity index (χ4v) is 2.40. The second-order valence-electron chi connectivity index (χ2n) is 5.22. The van der Waals surface area contributed by atoms with Crippen LogP contribution >= 0.6 is 0 Å². The van der Waals surface area contributed by atoms with E-state index in [1.54, 1.807) is 0 Å². The number of aromatic nitrogens is 2. The minimum Gasteiger partial charge on any atom is -0.419 e. The standard InChI is InChI=1S/C18H19N3O/c1-3-21(16-10-5-4-6-11-16)13-17-19-20-18(22-17)15-9-7-8-14(2)12-15/h4-12H,3,13H2,1-2H3. The zero-order valence-electron chi connectivity index (χ0n) is 12.9. The fourth-order valence-electron chi connectivity index (χ4n) is 2.40. The molecule has 0 unspecified atom stereocenters. The summed E-state index contributed by atoms with van der Waals surface area (Å²) in [7, 11) is 0. The molecule has 2 aromatic carbocycles. The molecule has 0 N–H and O–H groups in total. The van der Waals surface area contributed by atoms with E-state index in [2.05, 4.69) is 47.1 Å². The van der Waals surface area contributed by atoms with Crippen molar-refractivity contribution in [3.8, 4) is 11.5 Å². The van der Waals surface area contributed by atoms with Gasteiger partial charge in [0.2, 0.25) is 11.8 Å². The highest BCUT2D eigenvalue weighted by Gasteiger charge is 2.12. The van der Waals surface area contributed by atoms with Crippen molar-refractivity contribution in [2.24, 2.45) is 0 Å². The van der Waals surface area contributed by atoms with E-state index >= 15 is 0 Å². The normalized spacial score (nSPS) is 10.6. The van der Waals surface area contributed by atoms with Crippen molar-refractivity contribution in [3.63, 3.8) is 0 Å². The molecule has 1 aromatic heterocycles. The number of hydrogen-bond donors (Lipinski definition) is 0. The maximum Gasteiger partial charge on any atom is 0.247 e. The van der Waals surface area contributed by atoms with Crippen molar-refractivity contribution < 1.29 is 4.42 Å². The predicted octanol–water partition coefficient (Wildman–Crippen LogP) is 4.07. The average molecular weight is 293 g/mol. The average Bonchev–Trinajstić information content (AvgIpc) is 3.02. The molecule has 0 atom stereocenters. The van der Waals surface area contributed by atoms with Crippen LogP contribution < -0.4 is 4.90 Å². The van der Waals surface area contributed by atoms with Crippen molar-refractivity contribution in [2.75, 3.05) is 11.4 Å². The molecule has 1 heterocycles. The first-order valence-electron chi connectivity index (χ1n) is 7.45. The number of nitrogens with zero attached hydrogens (tertiary/aromatic N) is 3. The van der Waals surface area contributed by atoms with Gasteiger partial charge in [-0.05, 0) is 38.1 Å². The van der Waals surface area contributed by atoms with E-state index in [-0.39, 0.29) is 0 Å². The van der Waals surface area contributed by atoms with Crippen molar-refractivity contribution in [2.45, 2.75) is 20.4 Å². The summed E-state index contributed by atoms with van der Waals surface area (Å²) in [6.07, 6.45) is 0. The zero-order valence-corrected chi connectivity index (χ0v) is 12.9. The van der Waals surface area contributed by atoms with Crippen LogP contribution in [0.2, 0.25) is 0 Å². The third-order valence-corrected chi connectivity index (χ3v) is 3.56. The Kier molecular flexibility index (Phi) is 4.19. The first-order chi connectivity index (χ1) is 10.8. The molecular weight excluding hydrogens is 274 g/mol. The number of benzene rings is 2. The van der Waals surface area contributed by atoms with Crippen LogP contribution in [-0.2, 0) is 6.54 Å². The summed E-state index contributed by atoms with van der Waals surface area (Å²) in [5.41, 5.74) is 3.29. The van der Waals surface area contributed by atoms with E-state index in [4.69, 9.17) is 4.42 Å². The van der Waals surface area contributed by atoms with Gasteiger partial charge in [-0.15, -0.1) is 10.2 Å². The van der Waals surface area contributed by atoms with E-state index in [9.17, 15) is 0 Å². The Labute approximate surface area is 130 Å². The Morgan fingerprint density at radius 1 is 1.00 bits per heavy atom. The van der Waals surface area contributed by atoms with Gasteiger partial charge in [-0.2, -0.15) is 0 Å². The van der Waals surface area contributed by atoms with Gasteiger partial charge in [-0.3, -0.25) is 0 Å². The Morgan fingerprint density at radius 3 is 2.55 bits per heavy atom. The van der Waals surface area contributed by atoms with Crippen LogP contribution in [-0.4, -0.2) is 16.7 Å². The van der Waals surface area contributed by atoms with E-state index in [0.29, 0.717) is 18.3 Å². The molecule has 4 heteroatoms. The lowest BCUT2D eigenvalue weighted by atomic mass is 10.1. The SMILES string of the molecule is CCN(Cc1nnc(-c2cccc(C)c2)o1)c1ccccc1. The first kappa shape index (κ1) is 14.3. The molecule has 0 amide bonds. The Bertz CT molecular complexity index is 737. The summed E-state index contributed by atoms with van der Waals surface area (Å²) in [5, 5.41) is 8.34. The number of aryl methyl sites for hydroxylation is 1. The summed E-state index contributed by atoms with van der Waals surface area (Å²) in [5.74, 6) is 1.20. The minimum absolute atomic E-state index is 0.572. The predicted molar refractivity (Wildman–Crippen MR) is 87.6 cm³/mol. The molecule has 112 valence electrons. The van der Waals surface area contributed by atoms with Gasteiger partial charge in [0, 0.05) is 17.8 Å². The van der Waals surface area contributed by atoms with Crippen LogP contribution in [0.1, 0.15) is 18.4 Å². The topological polar surface area (TPSA) is 42.2 Å². The molecule has 0 saturated heterocycles. The van der Waals surface area contributed by atoms with Crippen molar-refractivity contribution >= 4 is 5.69 Å². The third kappa shape index (κ3) is 3.17. The highest BCUT2D eigenvalue weighted by atomic mass is 16.4. The molecule has 0 fully saturated rings. The first-order valence-corrected chi connectivity index (χ1v) is 7.45. The van der Waals surface area contributed by atoms with E-state index < -0.39 is 0 Å². The van der Waals surface area contributed by atoms with Gasteiger partial charge in [0.15, 0.2) is 0 Å². The van der Waals surface area contributed by atoms with Crippen molar-refractivity contribution in [3.05, 3.63) is 66.1 Å². The van der Waals surface area contributed by atoms with Crippen LogP contribution in [0.4, 0.5) is 5.69 Å². The highest BCUT2D eigenvalue weighted by Crippen LogP contribution is 2.21. The summed E-state index contributed by atoms with van der Waals surface area (Å²) in [6.45, 7) is 5.66. The van der Waals surface area contributed by atoms with Gasteiger partial charge in [0.05, 0.1) is 6.54 Å². The van der Waals surface area contributed by atoms with Gasteiger partial charge >= 0.3 is 0 Å². The molecule has 0 radical (unpaired) electrons. The van der Waals surface area contributed by atoms with Crippen molar-refractivity contribution in [1.29, 1.82) is 0 Å². The molecule has 0 aliphatic carbocycles. The molecule has 4 nitrogen and oxygen atoms in total. The maximum absolute atomic E-state index is 5.81. The molecule has 3 rings (SSSR count). The van der Waals surface area contributed by atoms with Gasteiger partial charge in [0.25, 0.3) is 0 Å². The Hall–Kier alpha value is -2.62. The summed E-state index contributed by atoms with van der Waals surface area (Å²) in [6, 6.07) is 18.3. The Morgan fingerprint density at radius 2 is 1.82 bits per heavy atom. The second kappa shape index (κ2) is 6.43. The molecule has 0 aliphatic heterocycles. The molecular formula is C18H19N3O. The van der Waals surface area contributed by atoms with Gasteiger partial charge in [0.1, 0.15) is 0 Å². The number of para-hydroxylation sites is 1. The lowest BCUT2D eigenvalue weighted by Crippen LogP contribution is -2.22. The quantitative estimate of drug-likeness (QED) is 0.711. The molecule has 0 saturated carbocycles. The minimum atomic E-state index is 0.572. The molecule has 0 aliphatic rings. The molecule has 22 heavy (non-hydrogen) atoms. The molecule has 0 bridgehead atoms. The zero-order chi connectivity index (χ0) is 15.4. The smallest absolute Gasteiger partial charge is 0.247 e. The van der Waals surface area contributed by atoms with Gasteiger partial charge in [-0.25, -0.2) is 0 Å². The molecule has 0 spiro atoms. The van der Waals surface area contributed by atoms with Crippen LogP contribution in [0.15, 0.2) is 59.0 Å². The van der Waals surface area contributed by atoms with E-state index in [1.807, 2.05) is 36.4 Å². The van der Waals surface area contributed by atoms with Crippen molar-refractivity contribution in [1.82, 2.24) is 10.2 Å². The number of hydrogen-bond acceptors (Lipinski definition) is 4. The van der Waals surface area contributed by atoms with E-state index in [0.717, 1.165) is 17.8 Å². The van der Waals surface area contributed by atoms with Gasteiger partial charge in [-0.1, -0.05) is 35.9 Å². The fraction of sp³-hybridized carbons (Fsp3) is 0.222. The molecule has 3 aromatic rings. The summed E-state index contributed by atoms with van der Waals surface area (Å²) in [4.78, 5) is 2.20. The number of rotatable bonds is 5. The summed E-state index contributed by atoms with van der Waals surface area (Å²) < 4.78 is 5.81. The largest absolute Gasteiger partial charge is 0.419 e.